The third-order valence-electron chi connectivity index (χ3n) is 3.03. The highest BCUT2D eigenvalue weighted by atomic mass is 79.9. The predicted octanol–water partition coefficient (Wildman–Crippen LogP) is 4.62. The molecule has 2 aromatic carbocycles. The zero-order valence-corrected chi connectivity index (χ0v) is 14.3. The largest absolute Gasteiger partial charge is 0.337 e. The highest BCUT2D eigenvalue weighted by Gasteiger charge is 2.11. The summed E-state index contributed by atoms with van der Waals surface area (Å²) in [6, 6.07) is 15.7. The smallest absolute Gasteiger partial charge is 0.253 e. The Balaban J connectivity index is 2.05. The second kappa shape index (κ2) is 7.04. The fourth-order valence-electron chi connectivity index (χ4n) is 1.89. The summed E-state index contributed by atoms with van der Waals surface area (Å²) in [4.78, 5) is 14.0. The second-order valence-electron chi connectivity index (χ2n) is 4.62. The van der Waals surface area contributed by atoms with Crippen LogP contribution in [0, 0.1) is 0 Å². The molecule has 0 saturated carbocycles. The molecule has 0 aliphatic rings. The van der Waals surface area contributed by atoms with Crippen molar-refractivity contribution in [2.75, 3.05) is 7.05 Å². The molecule has 0 heterocycles. The summed E-state index contributed by atoms with van der Waals surface area (Å²) >= 11 is 6.81. The molecule has 0 N–H and O–H groups in total. The number of carbonyl (C=O) groups is 1. The van der Waals surface area contributed by atoms with Gasteiger partial charge in [-0.2, -0.15) is 0 Å². The molecule has 0 aromatic heterocycles. The average Bonchev–Trinajstić information content (AvgIpc) is 2.49. The van der Waals surface area contributed by atoms with Crippen LogP contribution in [0.5, 0.6) is 0 Å². The summed E-state index contributed by atoms with van der Waals surface area (Å²) in [6.07, 6.45) is 0. The molecule has 2 nitrogen and oxygen atoms in total. The summed E-state index contributed by atoms with van der Waals surface area (Å²) in [5.41, 5.74) is 2.99. The number of benzene rings is 2. The molecule has 0 spiro atoms. The molecule has 0 fully saturated rings. The van der Waals surface area contributed by atoms with Crippen molar-refractivity contribution in [1.29, 1.82) is 0 Å². The Labute approximate surface area is 136 Å². The van der Waals surface area contributed by atoms with Gasteiger partial charge >= 0.3 is 0 Å². The van der Waals surface area contributed by atoms with Crippen LogP contribution in [0.2, 0.25) is 0 Å². The number of halogens is 2. The van der Waals surface area contributed by atoms with Gasteiger partial charge in [-0.15, -0.1) is 0 Å². The topological polar surface area (TPSA) is 20.3 Å². The Morgan fingerprint density at radius 1 is 1.00 bits per heavy atom. The molecule has 0 aliphatic carbocycles. The van der Waals surface area contributed by atoms with Crippen LogP contribution in [-0.4, -0.2) is 17.9 Å². The van der Waals surface area contributed by atoms with Gasteiger partial charge < -0.3 is 4.90 Å². The Bertz CT molecular complexity index is 578. The van der Waals surface area contributed by atoms with E-state index in [2.05, 4.69) is 31.9 Å². The average molecular weight is 397 g/mol. The molecule has 2 aromatic rings. The number of alkyl halides is 1. The zero-order valence-electron chi connectivity index (χ0n) is 11.1. The van der Waals surface area contributed by atoms with Gasteiger partial charge in [0.2, 0.25) is 0 Å². The molecule has 104 valence electrons. The molecule has 0 saturated heterocycles. The summed E-state index contributed by atoms with van der Waals surface area (Å²) in [5.74, 6) is 0.0361. The van der Waals surface area contributed by atoms with Crippen LogP contribution in [0.15, 0.2) is 53.0 Å². The van der Waals surface area contributed by atoms with E-state index in [0.29, 0.717) is 12.1 Å². The van der Waals surface area contributed by atoms with Gasteiger partial charge in [-0.1, -0.05) is 56.1 Å². The van der Waals surface area contributed by atoms with Crippen LogP contribution >= 0.6 is 31.9 Å². The summed E-state index contributed by atoms with van der Waals surface area (Å²) < 4.78 is 1.04. The monoisotopic (exact) mass is 395 g/mol. The van der Waals surface area contributed by atoms with Gasteiger partial charge in [-0.05, 0) is 35.4 Å². The van der Waals surface area contributed by atoms with Gasteiger partial charge in [0.05, 0.1) is 0 Å². The molecule has 2 rings (SSSR count). The molecular weight excluding hydrogens is 382 g/mol. The molecule has 20 heavy (non-hydrogen) atoms. The van der Waals surface area contributed by atoms with Crippen molar-refractivity contribution in [2.24, 2.45) is 0 Å². The van der Waals surface area contributed by atoms with E-state index >= 15 is 0 Å². The van der Waals surface area contributed by atoms with E-state index in [1.54, 1.807) is 4.90 Å². The molecule has 0 aliphatic heterocycles. The minimum absolute atomic E-state index is 0.0361. The van der Waals surface area contributed by atoms with E-state index in [1.807, 2.05) is 55.6 Å². The van der Waals surface area contributed by atoms with Crippen molar-refractivity contribution in [3.8, 4) is 0 Å². The minimum Gasteiger partial charge on any atom is -0.337 e. The molecule has 0 unspecified atom stereocenters. The first-order valence-corrected chi connectivity index (χ1v) is 8.16. The number of carbonyl (C=O) groups excluding carboxylic acids is 1. The molecule has 0 radical (unpaired) electrons. The summed E-state index contributed by atoms with van der Waals surface area (Å²) in [7, 11) is 1.82. The lowest BCUT2D eigenvalue weighted by Crippen LogP contribution is -2.26. The quantitative estimate of drug-likeness (QED) is 0.690. The van der Waals surface area contributed by atoms with Gasteiger partial charge in [-0.25, -0.2) is 0 Å². The van der Waals surface area contributed by atoms with Crippen molar-refractivity contribution in [3.05, 3.63) is 69.7 Å². The van der Waals surface area contributed by atoms with Crippen molar-refractivity contribution in [3.63, 3.8) is 0 Å². The predicted molar refractivity (Wildman–Crippen MR) is 89.0 cm³/mol. The van der Waals surface area contributed by atoms with E-state index in [4.69, 9.17) is 0 Å². The van der Waals surface area contributed by atoms with E-state index in [-0.39, 0.29) is 5.91 Å². The van der Waals surface area contributed by atoms with Crippen molar-refractivity contribution in [2.45, 2.75) is 11.9 Å². The molecular formula is C16H15Br2NO. The summed E-state index contributed by atoms with van der Waals surface area (Å²) in [5, 5.41) is 0.802. The van der Waals surface area contributed by atoms with Crippen LogP contribution in [0.4, 0.5) is 0 Å². The normalized spacial score (nSPS) is 10.3. The van der Waals surface area contributed by atoms with E-state index in [1.165, 1.54) is 0 Å². The number of hydrogen-bond acceptors (Lipinski definition) is 1. The lowest BCUT2D eigenvalue weighted by molar-refractivity contribution is 0.0785. The third-order valence-corrected chi connectivity index (χ3v) is 4.21. The Hall–Kier alpha value is -1.13. The van der Waals surface area contributed by atoms with Crippen LogP contribution in [0.3, 0.4) is 0 Å². The zero-order chi connectivity index (χ0) is 14.5. The van der Waals surface area contributed by atoms with E-state index < -0.39 is 0 Å². The fraction of sp³-hybridized carbons (Fsp3) is 0.188. The number of nitrogens with zero attached hydrogens (tertiary/aromatic N) is 1. The first-order chi connectivity index (χ1) is 9.60. The molecule has 0 bridgehead atoms. The van der Waals surface area contributed by atoms with Crippen LogP contribution < -0.4 is 0 Å². The molecule has 0 atom stereocenters. The van der Waals surface area contributed by atoms with Gasteiger partial charge in [-0.3, -0.25) is 4.79 Å². The standard InChI is InChI=1S/C16H15Br2NO/c1-19(11-13-4-8-15(18)9-5-13)16(20)14-6-2-12(10-17)3-7-14/h2-9H,10-11H2,1H3. The van der Waals surface area contributed by atoms with Gasteiger partial charge in [0, 0.05) is 29.0 Å². The fourth-order valence-corrected chi connectivity index (χ4v) is 2.53. The lowest BCUT2D eigenvalue weighted by atomic mass is 10.1. The Morgan fingerprint density at radius 2 is 1.55 bits per heavy atom. The maximum absolute atomic E-state index is 12.3. The van der Waals surface area contributed by atoms with Crippen LogP contribution in [-0.2, 0) is 11.9 Å². The highest BCUT2D eigenvalue weighted by molar-refractivity contribution is 9.10. The van der Waals surface area contributed by atoms with E-state index in [0.717, 1.165) is 20.9 Å². The van der Waals surface area contributed by atoms with Crippen LogP contribution in [0.1, 0.15) is 21.5 Å². The SMILES string of the molecule is CN(Cc1ccc(Br)cc1)C(=O)c1ccc(CBr)cc1. The van der Waals surface area contributed by atoms with E-state index in [9.17, 15) is 4.79 Å². The van der Waals surface area contributed by atoms with Gasteiger partial charge in [0.1, 0.15) is 0 Å². The van der Waals surface area contributed by atoms with Gasteiger partial charge in [0.15, 0.2) is 0 Å². The Morgan fingerprint density at radius 3 is 2.10 bits per heavy atom. The van der Waals surface area contributed by atoms with Gasteiger partial charge in [0.25, 0.3) is 5.91 Å². The second-order valence-corrected chi connectivity index (χ2v) is 6.09. The summed E-state index contributed by atoms with van der Waals surface area (Å²) in [6.45, 7) is 0.603. The first kappa shape index (κ1) is 15.3. The maximum Gasteiger partial charge on any atom is 0.253 e. The highest BCUT2D eigenvalue weighted by Crippen LogP contribution is 2.14. The Kier molecular flexibility index (Phi) is 5.38. The maximum atomic E-state index is 12.3. The number of amides is 1. The molecule has 4 heteroatoms. The minimum atomic E-state index is 0.0361. The first-order valence-electron chi connectivity index (χ1n) is 6.25. The van der Waals surface area contributed by atoms with Crippen LogP contribution in [0.25, 0.3) is 0 Å². The van der Waals surface area contributed by atoms with Crippen molar-refractivity contribution in [1.82, 2.24) is 4.90 Å². The van der Waals surface area contributed by atoms with Crippen molar-refractivity contribution >= 4 is 37.8 Å². The van der Waals surface area contributed by atoms with Crippen molar-refractivity contribution < 1.29 is 4.79 Å². The molecule has 1 amide bonds. The third kappa shape index (κ3) is 3.93. The number of hydrogen-bond donors (Lipinski definition) is 0. The number of rotatable bonds is 4. The lowest BCUT2D eigenvalue weighted by Gasteiger charge is -2.17.